The van der Waals surface area contributed by atoms with Crippen LogP contribution in [0.15, 0.2) is 46.7 Å². The molecule has 96 valence electrons. The first-order chi connectivity index (χ1) is 8.83. The third-order valence-electron chi connectivity index (χ3n) is 2.95. The maximum absolute atomic E-state index is 3.57. The first-order valence-electron chi connectivity index (χ1n) is 6.23. The summed E-state index contributed by atoms with van der Waals surface area (Å²) < 4.78 is 0. The van der Waals surface area contributed by atoms with E-state index in [9.17, 15) is 0 Å². The summed E-state index contributed by atoms with van der Waals surface area (Å²) in [5.74, 6) is 0. The molecule has 3 heteroatoms. The molecular weight excluding hydrogens is 258 g/mol. The van der Waals surface area contributed by atoms with Crippen molar-refractivity contribution in [1.82, 2.24) is 5.32 Å². The van der Waals surface area contributed by atoms with Gasteiger partial charge in [-0.2, -0.15) is 0 Å². The lowest BCUT2D eigenvalue weighted by atomic mass is 10.0. The van der Waals surface area contributed by atoms with E-state index in [1.807, 2.05) is 11.3 Å². The van der Waals surface area contributed by atoms with Gasteiger partial charge in [0.2, 0.25) is 0 Å². The van der Waals surface area contributed by atoms with E-state index in [1.165, 1.54) is 15.3 Å². The third kappa shape index (κ3) is 3.61. The number of thiophene rings is 1. The summed E-state index contributed by atoms with van der Waals surface area (Å²) in [7, 11) is 0. The van der Waals surface area contributed by atoms with Crippen molar-refractivity contribution >= 4 is 23.1 Å². The third-order valence-corrected chi connectivity index (χ3v) is 4.60. The van der Waals surface area contributed by atoms with Gasteiger partial charge in [0.1, 0.15) is 0 Å². The molecule has 0 saturated heterocycles. The lowest BCUT2D eigenvalue weighted by Gasteiger charge is -2.18. The fourth-order valence-electron chi connectivity index (χ4n) is 2.02. The summed E-state index contributed by atoms with van der Waals surface area (Å²) in [5.41, 5.74) is 1.38. The number of benzene rings is 1. The fraction of sp³-hybridized carbons (Fsp3) is 0.333. The Bertz CT molecular complexity index is 448. The zero-order valence-electron chi connectivity index (χ0n) is 10.8. The Morgan fingerprint density at radius 2 is 2.00 bits per heavy atom. The lowest BCUT2D eigenvalue weighted by molar-refractivity contribution is 0.553. The number of hydrogen-bond donors (Lipinski definition) is 1. The molecule has 1 aromatic carbocycles. The van der Waals surface area contributed by atoms with Crippen LogP contribution in [0.5, 0.6) is 0 Å². The van der Waals surface area contributed by atoms with Gasteiger partial charge >= 0.3 is 0 Å². The molecule has 1 aromatic heterocycles. The highest BCUT2D eigenvalue weighted by Gasteiger charge is 2.11. The van der Waals surface area contributed by atoms with Crippen LogP contribution >= 0.6 is 23.1 Å². The van der Waals surface area contributed by atoms with Gasteiger partial charge in [-0.15, -0.1) is 23.1 Å². The minimum atomic E-state index is 0.421. The van der Waals surface area contributed by atoms with Gasteiger partial charge in [0.05, 0.1) is 0 Å². The zero-order valence-corrected chi connectivity index (χ0v) is 12.5. The van der Waals surface area contributed by atoms with Crippen LogP contribution in [-0.2, 0) is 6.42 Å². The number of hydrogen-bond acceptors (Lipinski definition) is 3. The van der Waals surface area contributed by atoms with Crippen LogP contribution in [0.3, 0.4) is 0 Å². The molecule has 0 spiro atoms. The normalized spacial score (nSPS) is 12.6. The quantitative estimate of drug-likeness (QED) is 0.787. The van der Waals surface area contributed by atoms with Crippen LogP contribution in [0, 0.1) is 0 Å². The molecule has 1 atom stereocenters. The van der Waals surface area contributed by atoms with Crippen molar-refractivity contribution in [2.45, 2.75) is 24.3 Å². The van der Waals surface area contributed by atoms with Crippen molar-refractivity contribution in [3.05, 3.63) is 52.2 Å². The van der Waals surface area contributed by atoms with Gasteiger partial charge in [-0.3, -0.25) is 0 Å². The highest BCUT2D eigenvalue weighted by Crippen LogP contribution is 2.23. The summed E-state index contributed by atoms with van der Waals surface area (Å²) in [5, 5.41) is 5.72. The van der Waals surface area contributed by atoms with E-state index in [0.29, 0.717) is 6.04 Å². The van der Waals surface area contributed by atoms with E-state index in [-0.39, 0.29) is 0 Å². The molecular formula is C15H19NS2. The van der Waals surface area contributed by atoms with Crippen molar-refractivity contribution in [2.75, 3.05) is 12.8 Å². The van der Waals surface area contributed by atoms with Gasteiger partial charge < -0.3 is 5.32 Å². The van der Waals surface area contributed by atoms with Gasteiger partial charge in [-0.1, -0.05) is 25.1 Å². The Balaban J connectivity index is 2.12. The van der Waals surface area contributed by atoms with Crippen LogP contribution in [0.2, 0.25) is 0 Å². The summed E-state index contributed by atoms with van der Waals surface area (Å²) in [6, 6.07) is 13.7. The SMILES string of the molecule is CCNC(Cc1cccs1)c1ccc(SC)cc1. The standard InChI is InChI=1S/C15H19NS2/c1-3-16-15(11-14-5-4-10-18-14)12-6-8-13(17-2)9-7-12/h4-10,15-16H,3,11H2,1-2H3. The van der Waals surface area contributed by atoms with Crippen LogP contribution in [-0.4, -0.2) is 12.8 Å². The monoisotopic (exact) mass is 277 g/mol. The van der Waals surface area contributed by atoms with Gasteiger partial charge in [0.25, 0.3) is 0 Å². The predicted molar refractivity (Wildman–Crippen MR) is 82.7 cm³/mol. The average Bonchev–Trinajstić information content (AvgIpc) is 2.91. The molecule has 1 nitrogen and oxygen atoms in total. The molecule has 0 radical (unpaired) electrons. The summed E-state index contributed by atoms with van der Waals surface area (Å²) >= 11 is 3.62. The van der Waals surface area contributed by atoms with E-state index >= 15 is 0 Å². The lowest BCUT2D eigenvalue weighted by Crippen LogP contribution is -2.22. The maximum Gasteiger partial charge on any atom is 0.0368 e. The Morgan fingerprint density at radius 3 is 2.56 bits per heavy atom. The number of thioether (sulfide) groups is 1. The molecule has 1 heterocycles. The highest BCUT2D eigenvalue weighted by molar-refractivity contribution is 7.98. The summed E-state index contributed by atoms with van der Waals surface area (Å²) in [4.78, 5) is 2.76. The fourth-order valence-corrected chi connectivity index (χ4v) is 3.18. The molecule has 0 saturated carbocycles. The second kappa shape index (κ2) is 6.98. The van der Waals surface area contributed by atoms with Crippen LogP contribution < -0.4 is 5.32 Å². The molecule has 1 N–H and O–H groups in total. The van der Waals surface area contributed by atoms with Gasteiger partial charge in [0, 0.05) is 22.2 Å². The second-order valence-electron chi connectivity index (χ2n) is 4.17. The summed E-state index contributed by atoms with van der Waals surface area (Å²) in [6.07, 6.45) is 3.19. The maximum atomic E-state index is 3.57. The molecule has 0 fully saturated rings. The molecule has 18 heavy (non-hydrogen) atoms. The summed E-state index contributed by atoms with van der Waals surface area (Å²) in [6.45, 7) is 3.16. The van der Waals surface area contributed by atoms with Crippen LogP contribution in [0.25, 0.3) is 0 Å². The number of nitrogens with one attached hydrogen (secondary N) is 1. The zero-order chi connectivity index (χ0) is 12.8. The molecule has 0 aliphatic rings. The Kier molecular flexibility index (Phi) is 5.29. The van der Waals surface area contributed by atoms with E-state index in [4.69, 9.17) is 0 Å². The average molecular weight is 277 g/mol. The first kappa shape index (κ1) is 13.7. The first-order valence-corrected chi connectivity index (χ1v) is 8.33. The number of likely N-dealkylation sites (N-methyl/N-ethyl adjacent to an activating group) is 1. The van der Waals surface area contributed by atoms with E-state index < -0.39 is 0 Å². The minimum absolute atomic E-state index is 0.421. The van der Waals surface area contributed by atoms with Crippen LogP contribution in [0.1, 0.15) is 23.4 Å². The van der Waals surface area contributed by atoms with Crippen molar-refractivity contribution in [3.8, 4) is 0 Å². The van der Waals surface area contributed by atoms with E-state index in [2.05, 4.69) is 60.3 Å². The predicted octanol–water partition coefficient (Wildman–Crippen LogP) is 4.36. The Morgan fingerprint density at radius 1 is 1.22 bits per heavy atom. The number of rotatable bonds is 6. The van der Waals surface area contributed by atoms with E-state index in [1.54, 1.807) is 11.8 Å². The highest BCUT2D eigenvalue weighted by atomic mass is 32.2. The second-order valence-corrected chi connectivity index (χ2v) is 6.08. The molecule has 1 unspecified atom stereocenters. The Hall–Kier alpha value is -0.770. The Labute approximate surface area is 118 Å². The van der Waals surface area contributed by atoms with Crippen molar-refractivity contribution in [3.63, 3.8) is 0 Å². The molecule has 0 aliphatic heterocycles. The van der Waals surface area contributed by atoms with Crippen molar-refractivity contribution < 1.29 is 0 Å². The topological polar surface area (TPSA) is 12.0 Å². The molecule has 0 aliphatic carbocycles. The van der Waals surface area contributed by atoms with Gasteiger partial charge in [-0.25, -0.2) is 0 Å². The molecule has 0 amide bonds. The van der Waals surface area contributed by atoms with Gasteiger partial charge in [0.15, 0.2) is 0 Å². The van der Waals surface area contributed by atoms with Crippen molar-refractivity contribution in [2.24, 2.45) is 0 Å². The van der Waals surface area contributed by atoms with Gasteiger partial charge in [-0.05, 0) is 41.9 Å². The van der Waals surface area contributed by atoms with E-state index in [0.717, 1.165) is 13.0 Å². The minimum Gasteiger partial charge on any atom is -0.310 e. The molecule has 0 bridgehead atoms. The largest absolute Gasteiger partial charge is 0.310 e. The van der Waals surface area contributed by atoms with Crippen molar-refractivity contribution in [1.29, 1.82) is 0 Å². The smallest absolute Gasteiger partial charge is 0.0368 e. The van der Waals surface area contributed by atoms with Crippen LogP contribution in [0.4, 0.5) is 0 Å². The molecule has 2 rings (SSSR count). The molecule has 2 aromatic rings.